The summed E-state index contributed by atoms with van der Waals surface area (Å²) in [5.41, 5.74) is 2.22. The van der Waals surface area contributed by atoms with Crippen LogP contribution in [-0.2, 0) is 10.0 Å². The SMILES string of the molecule is CCS(=O)(=O)Nc1nc(-c2ccc(F)cc2)c(C)n1C(C)C. The van der Waals surface area contributed by atoms with Gasteiger partial charge in [0.25, 0.3) is 0 Å². The van der Waals surface area contributed by atoms with Crippen LogP contribution in [0.2, 0.25) is 0 Å². The Morgan fingerprint density at radius 1 is 1.27 bits per heavy atom. The van der Waals surface area contributed by atoms with Crippen LogP contribution in [0.15, 0.2) is 24.3 Å². The highest BCUT2D eigenvalue weighted by Gasteiger charge is 2.20. The fourth-order valence-corrected chi connectivity index (χ4v) is 2.88. The second kappa shape index (κ2) is 6.08. The third-order valence-corrected chi connectivity index (χ3v) is 4.66. The van der Waals surface area contributed by atoms with Gasteiger partial charge in [0.15, 0.2) is 0 Å². The van der Waals surface area contributed by atoms with Gasteiger partial charge in [0.05, 0.1) is 11.4 Å². The molecule has 0 fully saturated rings. The summed E-state index contributed by atoms with van der Waals surface area (Å²) in [7, 11) is -3.41. The summed E-state index contributed by atoms with van der Waals surface area (Å²) in [6, 6.07) is 6.02. The summed E-state index contributed by atoms with van der Waals surface area (Å²) in [5, 5.41) is 0. The first-order chi connectivity index (χ1) is 10.2. The number of halogens is 1. The van der Waals surface area contributed by atoms with E-state index < -0.39 is 10.0 Å². The molecule has 0 amide bonds. The van der Waals surface area contributed by atoms with Crippen molar-refractivity contribution in [1.29, 1.82) is 0 Å². The topological polar surface area (TPSA) is 64.0 Å². The van der Waals surface area contributed by atoms with Crippen LogP contribution in [0.4, 0.5) is 10.3 Å². The molecule has 1 aromatic carbocycles. The molecule has 0 atom stereocenters. The number of anilines is 1. The first kappa shape index (κ1) is 16.5. The first-order valence-corrected chi connectivity index (χ1v) is 8.75. The first-order valence-electron chi connectivity index (χ1n) is 7.10. The van der Waals surface area contributed by atoms with Crippen LogP contribution >= 0.6 is 0 Å². The van der Waals surface area contributed by atoms with Gasteiger partial charge in [-0.2, -0.15) is 0 Å². The number of hydrogen-bond donors (Lipinski definition) is 1. The minimum absolute atomic E-state index is 0.0249. The molecule has 0 unspecified atom stereocenters. The monoisotopic (exact) mass is 325 g/mol. The van der Waals surface area contributed by atoms with Gasteiger partial charge in [-0.25, -0.2) is 17.8 Å². The summed E-state index contributed by atoms with van der Waals surface area (Å²) >= 11 is 0. The number of sulfonamides is 1. The standard InChI is InChI=1S/C15H20FN3O2S/c1-5-22(20,21)18-15-17-14(11(4)19(15)10(2)3)12-6-8-13(16)9-7-12/h6-10H,5H2,1-4H3,(H,17,18). The molecule has 5 nitrogen and oxygen atoms in total. The molecule has 120 valence electrons. The molecule has 0 aliphatic carbocycles. The molecule has 7 heteroatoms. The van der Waals surface area contributed by atoms with E-state index in [9.17, 15) is 12.8 Å². The van der Waals surface area contributed by atoms with Crippen molar-refractivity contribution in [3.05, 3.63) is 35.8 Å². The molecule has 0 bridgehead atoms. The van der Waals surface area contributed by atoms with Gasteiger partial charge in [-0.05, 0) is 52.0 Å². The zero-order chi connectivity index (χ0) is 16.5. The normalized spacial score (nSPS) is 11.9. The van der Waals surface area contributed by atoms with Gasteiger partial charge in [-0.15, -0.1) is 0 Å². The summed E-state index contributed by atoms with van der Waals surface area (Å²) < 4.78 is 41.1. The molecular weight excluding hydrogens is 305 g/mol. The van der Waals surface area contributed by atoms with Crippen LogP contribution in [0.3, 0.4) is 0 Å². The molecule has 22 heavy (non-hydrogen) atoms. The van der Waals surface area contributed by atoms with E-state index >= 15 is 0 Å². The highest BCUT2D eigenvalue weighted by molar-refractivity contribution is 7.92. The van der Waals surface area contributed by atoms with Crippen molar-refractivity contribution in [3.8, 4) is 11.3 Å². The van der Waals surface area contributed by atoms with Crippen molar-refractivity contribution in [2.24, 2.45) is 0 Å². The minimum atomic E-state index is -3.41. The third-order valence-electron chi connectivity index (χ3n) is 3.41. The van der Waals surface area contributed by atoms with E-state index in [1.54, 1.807) is 19.1 Å². The molecule has 0 radical (unpaired) electrons. The average molecular weight is 325 g/mol. The zero-order valence-corrected chi connectivity index (χ0v) is 13.9. The number of nitrogens with one attached hydrogen (secondary N) is 1. The zero-order valence-electron chi connectivity index (χ0n) is 13.1. The number of nitrogens with zero attached hydrogens (tertiary/aromatic N) is 2. The predicted molar refractivity (Wildman–Crippen MR) is 85.8 cm³/mol. The summed E-state index contributed by atoms with van der Waals surface area (Å²) in [4.78, 5) is 4.41. The summed E-state index contributed by atoms with van der Waals surface area (Å²) in [6.07, 6.45) is 0. The third kappa shape index (κ3) is 3.30. The molecule has 0 saturated carbocycles. The van der Waals surface area contributed by atoms with Crippen LogP contribution in [0, 0.1) is 12.7 Å². The maximum Gasteiger partial charge on any atom is 0.234 e. The summed E-state index contributed by atoms with van der Waals surface area (Å²) in [6.45, 7) is 7.34. The lowest BCUT2D eigenvalue weighted by atomic mass is 10.1. The number of hydrogen-bond acceptors (Lipinski definition) is 3. The second-order valence-corrected chi connectivity index (χ2v) is 7.36. The Hall–Kier alpha value is -1.89. The fraction of sp³-hybridized carbons (Fsp3) is 0.400. The lowest BCUT2D eigenvalue weighted by Crippen LogP contribution is -2.19. The lowest BCUT2D eigenvalue weighted by molar-refractivity contribution is 0.587. The number of benzene rings is 1. The Morgan fingerprint density at radius 2 is 1.86 bits per heavy atom. The van der Waals surface area contributed by atoms with E-state index in [2.05, 4.69) is 9.71 Å². The second-order valence-electron chi connectivity index (χ2n) is 5.35. The van der Waals surface area contributed by atoms with E-state index in [0.29, 0.717) is 5.69 Å². The van der Waals surface area contributed by atoms with Crippen molar-refractivity contribution in [2.45, 2.75) is 33.7 Å². The highest BCUT2D eigenvalue weighted by Crippen LogP contribution is 2.29. The van der Waals surface area contributed by atoms with E-state index in [0.717, 1.165) is 11.3 Å². The van der Waals surface area contributed by atoms with E-state index in [-0.39, 0.29) is 23.6 Å². The van der Waals surface area contributed by atoms with Gasteiger partial charge in [0.1, 0.15) is 5.82 Å². The molecule has 2 aromatic rings. The molecule has 0 aliphatic heterocycles. The van der Waals surface area contributed by atoms with Crippen LogP contribution < -0.4 is 4.72 Å². The Bertz CT molecular complexity index is 765. The molecule has 0 spiro atoms. The Labute approximate surface area is 130 Å². The predicted octanol–water partition coefficient (Wildman–Crippen LogP) is 3.34. The lowest BCUT2D eigenvalue weighted by Gasteiger charge is -2.14. The van der Waals surface area contributed by atoms with Crippen molar-refractivity contribution >= 4 is 16.0 Å². The van der Waals surface area contributed by atoms with Gasteiger partial charge in [0.2, 0.25) is 16.0 Å². The molecular formula is C15H20FN3O2S. The molecule has 1 heterocycles. The quantitative estimate of drug-likeness (QED) is 0.917. The van der Waals surface area contributed by atoms with E-state index in [4.69, 9.17) is 0 Å². The maximum atomic E-state index is 13.1. The molecule has 0 aliphatic rings. The van der Waals surface area contributed by atoms with Crippen molar-refractivity contribution in [2.75, 3.05) is 10.5 Å². The molecule has 1 N–H and O–H groups in total. The average Bonchev–Trinajstić information content (AvgIpc) is 2.75. The van der Waals surface area contributed by atoms with Crippen molar-refractivity contribution < 1.29 is 12.8 Å². The van der Waals surface area contributed by atoms with Gasteiger partial charge in [0, 0.05) is 17.3 Å². The molecule has 0 saturated heterocycles. The van der Waals surface area contributed by atoms with Gasteiger partial charge in [-0.1, -0.05) is 0 Å². The smallest absolute Gasteiger partial charge is 0.234 e. The number of aromatic nitrogens is 2. The van der Waals surface area contributed by atoms with Crippen molar-refractivity contribution in [3.63, 3.8) is 0 Å². The number of imidazole rings is 1. The largest absolute Gasteiger partial charge is 0.311 e. The van der Waals surface area contributed by atoms with Crippen LogP contribution in [0.5, 0.6) is 0 Å². The molecule has 1 aromatic heterocycles. The van der Waals surface area contributed by atoms with Gasteiger partial charge >= 0.3 is 0 Å². The van der Waals surface area contributed by atoms with Crippen molar-refractivity contribution in [1.82, 2.24) is 9.55 Å². The molecule has 2 rings (SSSR count). The van der Waals surface area contributed by atoms with Crippen LogP contribution in [-0.4, -0.2) is 23.7 Å². The minimum Gasteiger partial charge on any atom is -0.311 e. The maximum absolute atomic E-state index is 13.1. The van der Waals surface area contributed by atoms with Gasteiger partial charge < -0.3 is 4.57 Å². The fourth-order valence-electron chi connectivity index (χ4n) is 2.31. The van der Waals surface area contributed by atoms with Crippen LogP contribution in [0.25, 0.3) is 11.3 Å². The van der Waals surface area contributed by atoms with E-state index in [1.165, 1.54) is 12.1 Å². The highest BCUT2D eigenvalue weighted by atomic mass is 32.2. The Kier molecular flexibility index (Phi) is 4.55. The Morgan fingerprint density at radius 3 is 2.36 bits per heavy atom. The summed E-state index contributed by atoms with van der Waals surface area (Å²) in [5.74, 6) is -0.0617. The van der Waals surface area contributed by atoms with Crippen LogP contribution in [0.1, 0.15) is 32.5 Å². The van der Waals surface area contributed by atoms with E-state index in [1.807, 2.05) is 25.3 Å². The Balaban J connectivity index is 2.56. The number of rotatable bonds is 5. The van der Waals surface area contributed by atoms with Gasteiger partial charge in [-0.3, -0.25) is 4.72 Å².